The molecule has 0 aliphatic rings. The summed E-state index contributed by atoms with van der Waals surface area (Å²) in [4.78, 5) is 21.8. The fourth-order valence-corrected chi connectivity index (χ4v) is 0.698. The van der Waals surface area contributed by atoms with Gasteiger partial charge in [-0.1, -0.05) is 5.16 Å². The monoisotopic (exact) mass is 183 g/mol. The van der Waals surface area contributed by atoms with Gasteiger partial charge in [-0.2, -0.15) is 0 Å². The van der Waals surface area contributed by atoms with Crippen molar-refractivity contribution in [1.82, 2.24) is 15.8 Å². The van der Waals surface area contributed by atoms with E-state index >= 15 is 0 Å². The molecule has 0 bridgehead atoms. The van der Waals surface area contributed by atoms with Gasteiger partial charge in [0.25, 0.3) is 5.91 Å². The lowest BCUT2D eigenvalue weighted by Crippen LogP contribution is -2.37. The molecule has 0 fully saturated rings. The van der Waals surface area contributed by atoms with Crippen LogP contribution in [-0.2, 0) is 0 Å². The molecule has 0 radical (unpaired) electrons. The number of nitrogens with one attached hydrogen (secondary N) is 2. The van der Waals surface area contributed by atoms with Gasteiger partial charge in [0.05, 0.1) is 5.69 Å². The Bertz CT molecular complexity index is 331. The number of aromatic nitrogens is 1. The fourth-order valence-electron chi connectivity index (χ4n) is 0.698. The molecule has 13 heavy (non-hydrogen) atoms. The molecule has 0 unspecified atom stereocenters. The minimum Gasteiger partial charge on any atom is -0.351 e. The lowest BCUT2D eigenvalue weighted by molar-refractivity contribution is 0.0928. The van der Waals surface area contributed by atoms with E-state index in [1.54, 1.807) is 6.92 Å². The number of aryl methyl sites for hydroxylation is 1. The molecule has 3 amide bonds. The molecule has 0 aliphatic heterocycles. The summed E-state index contributed by atoms with van der Waals surface area (Å²) in [6.07, 6.45) is 0. The lowest BCUT2D eigenvalue weighted by atomic mass is 10.4. The van der Waals surface area contributed by atoms with E-state index in [2.05, 4.69) is 15.0 Å². The highest BCUT2D eigenvalue weighted by Gasteiger charge is 2.13. The number of carbonyl (C=O) groups is 2. The van der Waals surface area contributed by atoms with Crippen molar-refractivity contribution in [3.05, 3.63) is 17.5 Å². The van der Waals surface area contributed by atoms with E-state index in [1.807, 2.05) is 5.32 Å². The molecule has 1 heterocycles. The summed E-state index contributed by atoms with van der Waals surface area (Å²) in [5.74, 6) is -0.596. The zero-order valence-corrected chi connectivity index (χ0v) is 7.25. The van der Waals surface area contributed by atoms with Gasteiger partial charge in [-0.15, -0.1) is 0 Å². The largest absolute Gasteiger partial charge is 0.351 e. The Kier molecular flexibility index (Phi) is 2.63. The Morgan fingerprint density at radius 1 is 1.54 bits per heavy atom. The molecule has 1 aromatic heterocycles. The summed E-state index contributed by atoms with van der Waals surface area (Å²) in [6.45, 7) is 1.68. The molecular formula is C7H9N3O3. The number of rotatable bonds is 1. The molecule has 2 N–H and O–H groups in total. The van der Waals surface area contributed by atoms with Crippen LogP contribution in [0.4, 0.5) is 4.79 Å². The van der Waals surface area contributed by atoms with Crippen LogP contribution in [-0.4, -0.2) is 24.1 Å². The van der Waals surface area contributed by atoms with Crippen LogP contribution in [0.15, 0.2) is 10.6 Å². The fraction of sp³-hybridized carbons (Fsp3) is 0.286. The predicted octanol–water partition coefficient (Wildman–Crippen LogP) is 0.0522. The maximum atomic E-state index is 11.1. The minimum atomic E-state index is -0.611. The zero-order valence-electron chi connectivity index (χ0n) is 7.25. The third kappa shape index (κ3) is 2.29. The summed E-state index contributed by atoms with van der Waals surface area (Å²) in [5, 5.41) is 7.78. The molecule has 0 aliphatic carbocycles. The second-order valence-electron chi connectivity index (χ2n) is 2.37. The van der Waals surface area contributed by atoms with E-state index < -0.39 is 11.9 Å². The minimum absolute atomic E-state index is 0.0149. The standard InChI is InChI=1S/C7H9N3O3/c1-4-3-5(13-10-4)6(11)9-7(12)8-2/h3H,1-2H3,(H2,8,9,11,12). The topological polar surface area (TPSA) is 84.2 Å². The molecule has 0 aromatic carbocycles. The number of hydrogen-bond acceptors (Lipinski definition) is 4. The summed E-state index contributed by atoms with van der Waals surface area (Å²) < 4.78 is 4.63. The highest BCUT2D eigenvalue weighted by molar-refractivity contribution is 6.02. The van der Waals surface area contributed by atoms with Crippen molar-refractivity contribution in [3.8, 4) is 0 Å². The Labute approximate surface area is 74.3 Å². The number of imide groups is 1. The number of nitrogens with zero attached hydrogens (tertiary/aromatic N) is 1. The maximum absolute atomic E-state index is 11.1. The van der Waals surface area contributed by atoms with Gasteiger partial charge in [-0.05, 0) is 6.92 Å². The first-order valence-corrected chi connectivity index (χ1v) is 3.60. The van der Waals surface area contributed by atoms with Gasteiger partial charge in [0.15, 0.2) is 0 Å². The van der Waals surface area contributed by atoms with E-state index in [0.29, 0.717) is 5.69 Å². The van der Waals surface area contributed by atoms with E-state index in [4.69, 9.17) is 0 Å². The second-order valence-corrected chi connectivity index (χ2v) is 2.37. The first kappa shape index (κ1) is 9.24. The number of carbonyl (C=O) groups excluding carboxylic acids is 2. The van der Waals surface area contributed by atoms with E-state index in [0.717, 1.165) is 0 Å². The smallest absolute Gasteiger partial charge is 0.321 e. The molecule has 0 saturated carbocycles. The molecule has 1 aromatic rings. The molecule has 0 saturated heterocycles. The lowest BCUT2D eigenvalue weighted by Gasteiger charge is -1.97. The van der Waals surface area contributed by atoms with Crippen molar-refractivity contribution in [3.63, 3.8) is 0 Å². The summed E-state index contributed by atoms with van der Waals surface area (Å²) in [6, 6.07) is 0.859. The van der Waals surface area contributed by atoms with Crippen molar-refractivity contribution in [2.75, 3.05) is 7.05 Å². The van der Waals surface area contributed by atoms with E-state index in [9.17, 15) is 9.59 Å². The number of amides is 3. The van der Waals surface area contributed by atoms with Crippen molar-refractivity contribution in [1.29, 1.82) is 0 Å². The van der Waals surface area contributed by atoms with Gasteiger partial charge in [0, 0.05) is 13.1 Å². The Hall–Kier alpha value is -1.85. The third-order valence-corrected chi connectivity index (χ3v) is 1.31. The number of urea groups is 1. The van der Waals surface area contributed by atoms with Crippen molar-refractivity contribution in [2.24, 2.45) is 0 Å². The Balaban J connectivity index is 2.64. The van der Waals surface area contributed by atoms with Crippen molar-refractivity contribution in [2.45, 2.75) is 6.92 Å². The highest BCUT2D eigenvalue weighted by atomic mass is 16.5. The van der Waals surface area contributed by atoms with Crippen LogP contribution in [0.2, 0.25) is 0 Å². The van der Waals surface area contributed by atoms with Crippen molar-refractivity contribution >= 4 is 11.9 Å². The van der Waals surface area contributed by atoms with Crippen molar-refractivity contribution < 1.29 is 14.1 Å². The molecule has 0 spiro atoms. The van der Waals surface area contributed by atoms with Crippen LogP contribution < -0.4 is 10.6 Å². The summed E-state index contributed by atoms with van der Waals surface area (Å²) in [5.41, 5.74) is 0.585. The zero-order chi connectivity index (χ0) is 9.84. The molecular weight excluding hydrogens is 174 g/mol. The average molecular weight is 183 g/mol. The van der Waals surface area contributed by atoms with E-state index in [-0.39, 0.29) is 5.76 Å². The Morgan fingerprint density at radius 2 is 2.23 bits per heavy atom. The third-order valence-electron chi connectivity index (χ3n) is 1.31. The van der Waals surface area contributed by atoms with Gasteiger partial charge in [-0.3, -0.25) is 10.1 Å². The van der Waals surface area contributed by atoms with Gasteiger partial charge in [0.1, 0.15) is 0 Å². The predicted molar refractivity (Wildman–Crippen MR) is 43.2 cm³/mol. The van der Waals surface area contributed by atoms with Crippen LogP contribution >= 0.6 is 0 Å². The SMILES string of the molecule is CNC(=O)NC(=O)c1cc(C)no1. The normalized spacial score (nSPS) is 9.38. The summed E-state index contributed by atoms with van der Waals surface area (Å²) in [7, 11) is 1.41. The van der Waals surface area contributed by atoms with Gasteiger partial charge in [0.2, 0.25) is 5.76 Å². The first-order chi connectivity index (χ1) is 6.13. The molecule has 1 rings (SSSR count). The molecule has 6 nitrogen and oxygen atoms in total. The van der Waals surface area contributed by atoms with Gasteiger partial charge in [-0.25, -0.2) is 4.79 Å². The van der Waals surface area contributed by atoms with Crippen LogP contribution in [0, 0.1) is 6.92 Å². The summed E-state index contributed by atoms with van der Waals surface area (Å²) >= 11 is 0. The average Bonchev–Trinajstić information content (AvgIpc) is 2.51. The second kappa shape index (κ2) is 3.70. The van der Waals surface area contributed by atoms with Gasteiger partial charge < -0.3 is 9.84 Å². The van der Waals surface area contributed by atoms with Crippen LogP contribution in [0.3, 0.4) is 0 Å². The molecule has 0 atom stereocenters. The van der Waals surface area contributed by atoms with Crippen LogP contribution in [0.1, 0.15) is 16.2 Å². The molecule has 6 heteroatoms. The van der Waals surface area contributed by atoms with Gasteiger partial charge >= 0.3 is 6.03 Å². The van der Waals surface area contributed by atoms with Crippen LogP contribution in [0.25, 0.3) is 0 Å². The maximum Gasteiger partial charge on any atom is 0.321 e. The quantitative estimate of drug-likeness (QED) is 0.644. The first-order valence-electron chi connectivity index (χ1n) is 3.60. The van der Waals surface area contributed by atoms with E-state index in [1.165, 1.54) is 13.1 Å². The molecule has 70 valence electrons. The number of hydrogen-bond donors (Lipinski definition) is 2. The Morgan fingerprint density at radius 3 is 2.69 bits per heavy atom. The highest BCUT2D eigenvalue weighted by Crippen LogP contribution is 2.00. The van der Waals surface area contributed by atoms with Crippen LogP contribution in [0.5, 0.6) is 0 Å².